The van der Waals surface area contributed by atoms with Crippen molar-refractivity contribution in [2.24, 2.45) is 0 Å². The smallest absolute Gasteiger partial charge is 0.0726 e. The fourth-order valence-corrected chi connectivity index (χ4v) is 4.48. The van der Waals surface area contributed by atoms with Crippen LogP contribution in [0.5, 0.6) is 0 Å². The van der Waals surface area contributed by atoms with E-state index in [9.17, 15) is 0 Å². The Hall–Kier alpha value is -1.61. The Morgan fingerprint density at radius 3 is 2.57 bits per heavy atom. The van der Waals surface area contributed by atoms with Crippen molar-refractivity contribution in [3.63, 3.8) is 0 Å². The third-order valence-corrected chi connectivity index (χ3v) is 5.70. The van der Waals surface area contributed by atoms with Crippen molar-refractivity contribution in [1.82, 2.24) is 9.88 Å². The van der Waals surface area contributed by atoms with Gasteiger partial charge in [-0.25, -0.2) is 0 Å². The number of hydrogen-bond acceptors (Lipinski definition) is 3. The fourth-order valence-electron chi connectivity index (χ4n) is 4.48. The first-order valence-corrected chi connectivity index (χ1v) is 9.09. The molecule has 4 rings (SSSR count). The number of nitrogens with zero attached hydrogens (tertiary/aromatic N) is 3. The maximum Gasteiger partial charge on any atom is 0.0726 e. The van der Waals surface area contributed by atoms with E-state index in [4.69, 9.17) is 0 Å². The number of fused-ring (bicyclic) bond motifs is 1. The lowest BCUT2D eigenvalue weighted by Gasteiger charge is -2.40. The molecule has 1 aromatic heterocycles. The Bertz CT molecular complexity index is 688. The van der Waals surface area contributed by atoms with Crippen molar-refractivity contribution < 1.29 is 0 Å². The van der Waals surface area contributed by atoms with Crippen molar-refractivity contribution in [1.29, 1.82) is 0 Å². The molecule has 0 N–H and O–H groups in total. The summed E-state index contributed by atoms with van der Waals surface area (Å²) in [5, 5.41) is 1.30. The van der Waals surface area contributed by atoms with Gasteiger partial charge in [-0.3, -0.25) is 9.88 Å². The lowest BCUT2D eigenvalue weighted by atomic mass is 10.0. The third kappa shape index (κ3) is 2.83. The van der Waals surface area contributed by atoms with E-state index in [2.05, 4.69) is 59.0 Å². The summed E-state index contributed by atoms with van der Waals surface area (Å²) in [6.07, 6.45) is 5.35. The standard InChI is InChI=1S/C20H27N3/c1-15-14-20(18-7-3-4-8-19(18)21-15)22-12-9-17(10-13-22)23-11-5-6-16(23)2/h3-4,7-8,14,16-17H,5-6,9-13H2,1-2H3. The summed E-state index contributed by atoms with van der Waals surface area (Å²) in [6.45, 7) is 8.15. The lowest BCUT2D eigenvalue weighted by Crippen LogP contribution is -2.46. The second-order valence-electron chi connectivity index (χ2n) is 7.25. The summed E-state index contributed by atoms with van der Waals surface area (Å²) in [6, 6.07) is 12.4. The van der Waals surface area contributed by atoms with Gasteiger partial charge >= 0.3 is 0 Å². The quantitative estimate of drug-likeness (QED) is 0.836. The number of piperidine rings is 1. The Kier molecular flexibility index (Phi) is 3.98. The van der Waals surface area contributed by atoms with Gasteiger partial charge in [-0.2, -0.15) is 0 Å². The number of rotatable bonds is 2. The van der Waals surface area contributed by atoms with E-state index in [0.29, 0.717) is 0 Å². The van der Waals surface area contributed by atoms with E-state index >= 15 is 0 Å². The molecule has 0 aliphatic carbocycles. The second-order valence-corrected chi connectivity index (χ2v) is 7.25. The monoisotopic (exact) mass is 309 g/mol. The van der Waals surface area contributed by atoms with Crippen LogP contribution >= 0.6 is 0 Å². The van der Waals surface area contributed by atoms with Gasteiger partial charge in [0.2, 0.25) is 0 Å². The molecule has 3 heterocycles. The number of anilines is 1. The molecule has 2 saturated heterocycles. The molecule has 3 nitrogen and oxygen atoms in total. The van der Waals surface area contributed by atoms with Crippen LogP contribution in [0, 0.1) is 6.92 Å². The molecule has 1 aromatic carbocycles. The summed E-state index contributed by atoms with van der Waals surface area (Å²) in [7, 11) is 0. The molecule has 2 aliphatic rings. The average molecular weight is 309 g/mol. The van der Waals surface area contributed by atoms with Crippen LogP contribution in [0.1, 0.15) is 38.3 Å². The highest BCUT2D eigenvalue weighted by Gasteiger charge is 2.30. The van der Waals surface area contributed by atoms with Gasteiger partial charge in [0.25, 0.3) is 0 Å². The summed E-state index contributed by atoms with van der Waals surface area (Å²) < 4.78 is 0. The predicted octanol–water partition coefficient (Wildman–Crippen LogP) is 4.00. The third-order valence-electron chi connectivity index (χ3n) is 5.70. The summed E-state index contributed by atoms with van der Waals surface area (Å²) in [5.74, 6) is 0. The van der Waals surface area contributed by atoms with Crippen LogP contribution < -0.4 is 4.90 Å². The zero-order valence-corrected chi connectivity index (χ0v) is 14.3. The number of aromatic nitrogens is 1. The molecule has 0 spiro atoms. The van der Waals surface area contributed by atoms with Gasteiger partial charge in [0.05, 0.1) is 5.52 Å². The normalized spacial score (nSPS) is 23.7. The Morgan fingerprint density at radius 2 is 1.83 bits per heavy atom. The number of aryl methyl sites for hydroxylation is 1. The molecule has 0 radical (unpaired) electrons. The molecule has 2 fully saturated rings. The first-order valence-electron chi connectivity index (χ1n) is 9.09. The van der Waals surface area contributed by atoms with Crippen LogP contribution in [0.3, 0.4) is 0 Å². The fraction of sp³-hybridized carbons (Fsp3) is 0.550. The minimum Gasteiger partial charge on any atom is -0.371 e. The van der Waals surface area contributed by atoms with Gasteiger partial charge in [-0.15, -0.1) is 0 Å². The van der Waals surface area contributed by atoms with E-state index < -0.39 is 0 Å². The molecule has 1 unspecified atom stereocenters. The maximum atomic E-state index is 4.68. The van der Waals surface area contributed by atoms with E-state index in [1.165, 1.54) is 56.4 Å². The second kappa shape index (κ2) is 6.12. The topological polar surface area (TPSA) is 19.4 Å². The molecule has 2 aliphatic heterocycles. The SMILES string of the molecule is Cc1cc(N2CCC(N3CCCC3C)CC2)c2ccccc2n1. The number of benzene rings is 1. The van der Waals surface area contributed by atoms with E-state index in [-0.39, 0.29) is 0 Å². The van der Waals surface area contributed by atoms with E-state index in [1.54, 1.807) is 0 Å². The van der Waals surface area contributed by atoms with Gasteiger partial charge in [0.1, 0.15) is 0 Å². The van der Waals surface area contributed by atoms with Crippen LogP contribution in [-0.2, 0) is 0 Å². The first-order chi connectivity index (χ1) is 11.2. The summed E-state index contributed by atoms with van der Waals surface area (Å²) in [4.78, 5) is 10.0. The average Bonchev–Trinajstić information content (AvgIpc) is 3.00. The minimum atomic E-state index is 0.788. The van der Waals surface area contributed by atoms with Crippen LogP contribution in [0.4, 0.5) is 5.69 Å². The molecular formula is C20H27N3. The molecule has 3 heteroatoms. The molecule has 0 saturated carbocycles. The number of para-hydroxylation sites is 1. The largest absolute Gasteiger partial charge is 0.371 e. The van der Waals surface area contributed by atoms with E-state index in [1.807, 2.05) is 0 Å². The number of pyridine rings is 1. The van der Waals surface area contributed by atoms with Crippen LogP contribution in [0.2, 0.25) is 0 Å². The highest BCUT2D eigenvalue weighted by molar-refractivity contribution is 5.92. The molecule has 1 atom stereocenters. The van der Waals surface area contributed by atoms with Crippen LogP contribution in [0.25, 0.3) is 10.9 Å². The van der Waals surface area contributed by atoms with Crippen LogP contribution in [-0.4, -0.2) is 41.6 Å². The van der Waals surface area contributed by atoms with Gasteiger partial charge in [0.15, 0.2) is 0 Å². The molecule has 23 heavy (non-hydrogen) atoms. The minimum absolute atomic E-state index is 0.788. The Morgan fingerprint density at radius 1 is 1.04 bits per heavy atom. The molecule has 0 bridgehead atoms. The Balaban J connectivity index is 1.54. The van der Waals surface area contributed by atoms with Crippen molar-refractivity contribution in [3.05, 3.63) is 36.0 Å². The van der Waals surface area contributed by atoms with Crippen molar-refractivity contribution in [2.75, 3.05) is 24.5 Å². The summed E-state index contributed by atoms with van der Waals surface area (Å²) in [5.41, 5.74) is 3.62. The Labute approximate surface area is 139 Å². The van der Waals surface area contributed by atoms with Crippen molar-refractivity contribution >= 4 is 16.6 Å². The highest BCUT2D eigenvalue weighted by Crippen LogP contribution is 2.31. The number of hydrogen-bond donors (Lipinski definition) is 0. The zero-order chi connectivity index (χ0) is 15.8. The van der Waals surface area contributed by atoms with Gasteiger partial charge in [-0.05, 0) is 58.2 Å². The van der Waals surface area contributed by atoms with Crippen LogP contribution in [0.15, 0.2) is 30.3 Å². The molecule has 0 amide bonds. The van der Waals surface area contributed by atoms with Crippen molar-refractivity contribution in [2.45, 2.75) is 51.6 Å². The lowest BCUT2D eigenvalue weighted by molar-refractivity contribution is 0.163. The number of likely N-dealkylation sites (tertiary alicyclic amines) is 1. The maximum absolute atomic E-state index is 4.68. The summed E-state index contributed by atoms with van der Waals surface area (Å²) >= 11 is 0. The molecule has 2 aromatic rings. The van der Waals surface area contributed by atoms with Gasteiger partial charge in [0, 0.05) is 41.9 Å². The van der Waals surface area contributed by atoms with Gasteiger partial charge < -0.3 is 4.90 Å². The first kappa shape index (κ1) is 14.9. The van der Waals surface area contributed by atoms with Gasteiger partial charge in [-0.1, -0.05) is 18.2 Å². The van der Waals surface area contributed by atoms with E-state index in [0.717, 1.165) is 23.3 Å². The highest BCUT2D eigenvalue weighted by atomic mass is 15.2. The zero-order valence-electron chi connectivity index (χ0n) is 14.3. The molecular weight excluding hydrogens is 282 g/mol. The van der Waals surface area contributed by atoms with Crippen molar-refractivity contribution in [3.8, 4) is 0 Å². The predicted molar refractivity (Wildman–Crippen MR) is 97.1 cm³/mol. The molecule has 122 valence electrons.